The molecule has 4 aromatic rings. The Kier molecular flexibility index (Phi) is 9.18. The highest BCUT2D eigenvalue weighted by molar-refractivity contribution is 6.04. The van der Waals surface area contributed by atoms with Crippen LogP contribution in [0.2, 0.25) is 0 Å². The molecule has 0 aliphatic carbocycles. The summed E-state index contributed by atoms with van der Waals surface area (Å²) in [5.41, 5.74) is 2.25. The number of alkyl halides is 3. The van der Waals surface area contributed by atoms with E-state index in [1.165, 1.54) is 17.0 Å². The fourth-order valence-electron chi connectivity index (χ4n) is 5.37. The lowest BCUT2D eigenvalue weighted by molar-refractivity contribution is -0.137. The zero-order valence-corrected chi connectivity index (χ0v) is 26.5. The number of nitrogens with zero attached hydrogens (tertiary/aromatic N) is 5. The van der Waals surface area contributed by atoms with E-state index in [9.17, 15) is 22.8 Å². The molecule has 0 saturated carbocycles. The average Bonchev–Trinajstić information content (AvgIpc) is 3.43. The number of imidazole rings is 1. The third kappa shape index (κ3) is 8.09. The molecule has 1 aliphatic rings. The standard InChI is InChI=1S/C34H37F3N6O3/c1-21-8-9-23(31(44)40-27-15-26(34(35,36)37)16-28(17-27)43-18-22(2)39-20-43)13-25(21)14-30-38-11-10-29(41-30)24-7-6-12-42(19-24)32(45)46-33(3,4)5/h8-11,13,15-18,20,24H,6-7,12,14,19H2,1-5H3,(H,40,44). The molecular formula is C34H37F3N6O3. The maximum Gasteiger partial charge on any atom is 0.416 e. The Hall–Kier alpha value is -4.74. The Labute approximate surface area is 265 Å². The number of carbonyl (C=O) groups is 2. The molecular weight excluding hydrogens is 597 g/mol. The van der Waals surface area contributed by atoms with Crippen LogP contribution in [0.5, 0.6) is 0 Å². The molecule has 0 spiro atoms. The fraction of sp³-hybridized carbons (Fsp3) is 0.382. The second-order valence-corrected chi connectivity index (χ2v) is 12.6. The highest BCUT2D eigenvalue weighted by atomic mass is 19.4. The van der Waals surface area contributed by atoms with E-state index < -0.39 is 23.2 Å². The largest absolute Gasteiger partial charge is 0.444 e. The number of hydrogen-bond donors (Lipinski definition) is 1. The van der Waals surface area contributed by atoms with E-state index >= 15 is 0 Å². The summed E-state index contributed by atoms with van der Waals surface area (Å²) in [7, 11) is 0. The fourth-order valence-corrected chi connectivity index (χ4v) is 5.37. The minimum Gasteiger partial charge on any atom is -0.444 e. The highest BCUT2D eigenvalue weighted by Crippen LogP contribution is 2.33. The molecule has 242 valence electrons. The van der Waals surface area contributed by atoms with Crippen molar-refractivity contribution in [2.45, 2.75) is 71.6 Å². The normalized spacial score (nSPS) is 15.5. The summed E-state index contributed by atoms with van der Waals surface area (Å²) in [4.78, 5) is 41.0. The zero-order chi connectivity index (χ0) is 33.2. The Morgan fingerprint density at radius 2 is 1.83 bits per heavy atom. The second kappa shape index (κ2) is 12.9. The molecule has 3 heterocycles. The summed E-state index contributed by atoms with van der Waals surface area (Å²) in [6.45, 7) is 10.3. The van der Waals surface area contributed by atoms with Crippen LogP contribution >= 0.6 is 0 Å². The van der Waals surface area contributed by atoms with Gasteiger partial charge in [-0.1, -0.05) is 6.07 Å². The number of aromatic nitrogens is 4. The van der Waals surface area contributed by atoms with E-state index in [1.54, 1.807) is 42.4 Å². The van der Waals surface area contributed by atoms with Gasteiger partial charge >= 0.3 is 12.3 Å². The first-order valence-electron chi connectivity index (χ1n) is 15.1. The van der Waals surface area contributed by atoms with E-state index in [0.717, 1.165) is 41.8 Å². The van der Waals surface area contributed by atoms with Gasteiger partial charge in [-0.05, 0) is 95.0 Å². The third-order valence-corrected chi connectivity index (χ3v) is 7.69. The predicted molar refractivity (Wildman–Crippen MR) is 167 cm³/mol. The van der Waals surface area contributed by atoms with Crippen LogP contribution in [-0.4, -0.2) is 55.1 Å². The Morgan fingerprint density at radius 1 is 1.04 bits per heavy atom. The number of carbonyl (C=O) groups excluding carboxylic acids is 2. The molecule has 9 nitrogen and oxygen atoms in total. The van der Waals surface area contributed by atoms with Crippen LogP contribution in [0.4, 0.5) is 23.7 Å². The van der Waals surface area contributed by atoms with Gasteiger partial charge in [-0.3, -0.25) is 4.79 Å². The first-order valence-corrected chi connectivity index (χ1v) is 15.1. The number of rotatable bonds is 6. The molecule has 2 aromatic heterocycles. The lowest BCUT2D eigenvalue weighted by Crippen LogP contribution is -2.42. The van der Waals surface area contributed by atoms with Gasteiger partial charge in [-0.25, -0.2) is 19.7 Å². The van der Waals surface area contributed by atoms with Crippen molar-refractivity contribution in [1.29, 1.82) is 0 Å². The maximum absolute atomic E-state index is 13.7. The second-order valence-electron chi connectivity index (χ2n) is 12.6. The molecule has 1 unspecified atom stereocenters. The zero-order valence-electron chi connectivity index (χ0n) is 26.5. The molecule has 46 heavy (non-hydrogen) atoms. The molecule has 1 N–H and O–H groups in total. The van der Waals surface area contributed by atoms with Crippen molar-refractivity contribution in [1.82, 2.24) is 24.4 Å². The molecule has 1 aliphatic heterocycles. The first-order chi connectivity index (χ1) is 21.6. The summed E-state index contributed by atoms with van der Waals surface area (Å²) in [6.07, 6.45) is 1.83. The van der Waals surface area contributed by atoms with Crippen molar-refractivity contribution in [2.75, 3.05) is 18.4 Å². The molecule has 5 rings (SSSR count). The van der Waals surface area contributed by atoms with Gasteiger partial charge in [0.15, 0.2) is 0 Å². The van der Waals surface area contributed by atoms with Crippen LogP contribution < -0.4 is 5.32 Å². The predicted octanol–water partition coefficient (Wildman–Crippen LogP) is 7.26. The van der Waals surface area contributed by atoms with Gasteiger partial charge in [-0.15, -0.1) is 0 Å². The number of amides is 2. The van der Waals surface area contributed by atoms with E-state index in [2.05, 4.69) is 15.3 Å². The van der Waals surface area contributed by atoms with Gasteiger partial charge in [0.25, 0.3) is 5.91 Å². The van der Waals surface area contributed by atoms with Gasteiger partial charge in [0.1, 0.15) is 11.4 Å². The van der Waals surface area contributed by atoms with Crippen molar-refractivity contribution >= 4 is 17.7 Å². The van der Waals surface area contributed by atoms with Crippen LogP contribution in [0.25, 0.3) is 5.69 Å². The maximum atomic E-state index is 13.7. The van der Waals surface area contributed by atoms with Gasteiger partial charge in [0.2, 0.25) is 0 Å². The molecule has 1 atom stereocenters. The molecule has 2 aromatic carbocycles. The van der Waals surface area contributed by atoms with Gasteiger partial charge in [-0.2, -0.15) is 13.2 Å². The Morgan fingerprint density at radius 3 is 2.52 bits per heavy atom. The minimum atomic E-state index is -4.61. The van der Waals surface area contributed by atoms with E-state index in [-0.39, 0.29) is 28.9 Å². The molecule has 0 bridgehead atoms. The summed E-state index contributed by atoms with van der Waals surface area (Å²) in [5.74, 6) is 0.0444. The number of ether oxygens (including phenoxy) is 1. The topological polar surface area (TPSA) is 102 Å². The molecule has 12 heteroatoms. The lowest BCUT2D eigenvalue weighted by Gasteiger charge is -2.34. The smallest absolute Gasteiger partial charge is 0.416 e. The summed E-state index contributed by atoms with van der Waals surface area (Å²) in [5, 5.41) is 2.63. The molecule has 1 saturated heterocycles. The van der Waals surface area contributed by atoms with Gasteiger partial charge in [0.05, 0.1) is 17.6 Å². The van der Waals surface area contributed by atoms with E-state index in [1.807, 2.05) is 33.8 Å². The first kappa shape index (κ1) is 32.6. The molecule has 2 amide bonds. The molecule has 1 fully saturated rings. The monoisotopic (exact) mass is 634 g/mol. The number of hydrogen-bond acceptors (Lipinski definition) is 6. The van der Waals surface area contributed by atoms with Crippen molar-refractivity contribution in [3.05, 3.63) is 101 Å². The third-order valence-electron chi connectivity index (χ3n) is 7.69. The van der Waals surface area contributed by atoms with E-state index in [4.69, 9.17) is 9.72 Å². The van der Waals surface area contributed by atoms with Crippen LogP contribution in [0, 0.1) is 13.8 Å². The number of nitrogens with one attached hydrogen (secondary N) is 1. The van der Waals surface area contributed by atoms with Crippen LogP contribution in [0.3, 0.4) is 0 Å². The van der Waals surface area contributed by atoms with Crippen molar-refractivity contribution in [2.24, 2.45) is 0 Å². The van der Waals surface area contributed by atoms with Gasteiger partial charge in [0, 0.05) is 60.5 Å². The number of piperidine rings is 1. The van der Waals surface area contributed by atoms with Crippen molar-refractivity contribution in [3.63, 3.8) is 0 Å². The van der Waals surface area contributed by atoms with Gasteiger partial charge < -0.3 is 19.5 Å². The molecule has 0 radical (unpaired) electrons. The summed E-state index contributed by atoms with van der Waals surface area (Å²) >= 11 is 0. The van der Waals surface area contributed by atoms with Crippen LogP contribution in [0.15, 0.2) is 61.2 Å². The number of halogens is 3. The number of benzene rings is 2. The Bertz CT molecular complexity index is 1740. The van der Waals surface area contributed by atoms with Crippen LogP contribution in [-0.2, 0) is 17.3 Å². The van der Waals surface area contributed by atoms with Crippen molar-refractivity contribution in [3.8, 4) is 5.69 Å². The van der Waals surface area contributed by atoms with Crippen LogP contribution in [0.1, 0.15) is 83.8 Å². The van der Waals surface area contributed by atoms with Crippen molar-refractivity contribution < 1.29 is 27.5 Å². The number of likely N-dealkylation sites (tertiary alicyclic amines) is 1. The minimum absolute atomic E-state index is 0.00671. The summed E-state index contributed by atoms with van der Waals surface area (Å²) in [6, 6.07) is 10.4. The number of anilines is 1. The highest BCUT2D eigenvalue weighted by Gasteiger charge is 2.32. The lowest BCUT2D eigenvalue weighted by atomic mass is 9.94. The Balaban J connectivity index is 1.33. The van der Waals surface area contributed by atoms with E-state index in [0.29, 0.717) is 31.0 Å². The summed E-state index contributed by atoms with van der Waals surface area (Å²) < 4.78 is 48.2. The number of aryl methyl sites for hydroxylation is 2. The SMILES string of the molecule is Cc1cn(-c2cc(NC(=O)c3ccc(C)c(Cc4nccc(C5CCCN(C(=O)OC(C)(C)C)C5)n4)c3)cc(C(F)(F)F)c2)cn1. The quantitative estimate of drug-likeness (QED) is 0.240. The average molecular weight is 635 g/mol.